The molecule has 0 saturated carbocycles. The van der Waals surface area contributed by atoms with Gasteiger partial charge in [0.25, 0.3) is 0 Å². The van der Waals surface area contributed by atoms with E-state index < -0.39 is 41.3 Å². The number of ketones is 1. The van der Waals surface area contributed by atoms with Crippen LogP contribution in [0.3, 0.4) is 0 Å². The van der Waals surface area contributed by atoms with E-state index in [0.29, 0.717) is 16.9 Å². The number of carbonyl (C=O) groups excluding carboxylic acids is 3. The van der Waals surface area contributed by atoms with Gasteiger partial charge in [-0.25, -0.2) is 9.18 Å². The molecule has 1 heterocycles. The van der Waals surface area contributed by atoms with E-state index in [9.17, 15) is 18.8 Å². The Kier molecular flexibility index (Phi) is 7.02. The highest BCUT2D eigenvalue weighted by atomic mass is 19.1. The largest absolute Gasteiger partial charge is 0.468 e. The third-order valence-electron chi connectivity index (χ3n) is 7.34. The summed E-state index contributed by atoms with van der Waals surface area (Å²) in [6.45, 7) is 0. The molecule has 0 amide bonds. The van der Waals surface area contributed by atoms with Crippen molar-refractivity contribution in [1.82, 2.24) is 0 Å². The van der Waals surface area contributed by atoms with E-state index in [0.717, 1.165) is 5.56 Å². The molecule has 3 aromatic carbocycles. The fraction of sp³-hybridized carbons (Fsp3) is 0.194. The first kappa shape index (κ1) is 25.9. The van der Waals surface area contributed by atoms with Gasteiger partial charge in [0.15, 0.2) is 5.78 Å². The number of para-hydroxylation sites is 1. The summed E-state index contributed by atoms with van der Waals surface area (Å²) in [4.78, 5) is 42.6. The fourth-order valence-electron chi connectivity index (χ4n) is 5.61. The number of esters is 2. The first-order valence-electron chi connectivity index (χ1n) is 12.5. The lowest BCUT2D eigenvalue weighted by atomic mass is 9.67. The second kappa shape index (κ2) is 10.6. The number of nitrogens with zero attached hydrogens (tertiary/aromatic N) is 1. The lowest BCUT2D eigenvalue weighted by Gasteiger charge is -2.44. The minimum absolute atomic E-state index is 0.0295. The Balaban J connectivity index is 1.82. The van der Waals surface area contributed by atoms with Gasteiger partial charge in [0.2, 0.25) is 0 Å². The summed E-state index contributed by atoms with van der Waals surface area (Å²) in [5, 5.41) is 0. The average Bonchev–Trinajstić information content (AvgIpc) is 2.97. The van der Waals surface area contributed by atoms with Crippen molar-refractivity contribution in [2.24, 2.45) is 11.7 Å². The van der Waals surface area contributed by atoms with Crippen LogP contribution in [0, 0.1) is 11.7 Å². The number of benzene rings is 3. The molecule has 0 radical (unpaired) electrons. The van der Waals surface area contributed by atoms with E-state index in [4.69, 9.17) is 15.2 Å². The molecular weight excluding hydrogens is 499 g/mol. The van der Waals surface area contributed by atoms with Crippen molar-refractivity contribution >= 4 is 23.4 Å². The Labute approximate surface area is 225 Å². The van der Waals surface area contributed by atoms with Gasteiger partial charge in [-0.15, -0.1) is 0 Å². The predicted molar refractivity (Wildman–Crippen MR) is 143 cm³/mol. The normalized spacial score (nSPS) is 20.9. The lowest BCUT2D eigenvalue weighted by molar-refractivity contribution is -0.150. The average molecular weight is 527 g/mol. The van der Waals surface area contributed by atoms with Gasteiger partial charge in [0, 0.05) is 22.9 Å². The number of hydrogen-bond donors (Lipinski definition) is 1. The number of anilines is 1. The molecule has 0 bridgehead atoms. The number of methoxy groups -OCH3 is 2. The summed E-state index contributed by atoms with van der Waals surface area (Å²) >= 11 is 0. The van der Waals surface area contributed by atoms with Crippen molar-refractivity contribution in [1.29, 1.82) is 0 Å². The SMILES string of the molecule is COC(=O)C1=C(N)N(c2ccccc2)C2=C(C(=O)C(C(=O)OC)C(c3ccccc3)C2)C1c1ccc(F)cc1. The van der Waals surface area contributed by atoms with E-state index in [1.807, 2.05) is 60.7 Å². The zero-order valence-corrected chi connectivity index (χ0v) is 21.5. The third kappa shape index (κ3) is 4.48. The number of allylic oxidation sites excluding steroid dienone is 2. The Bertz CT molecular complexity index is 1480. The molecule has 3 unspecified atom stereocenters. The Morgan fingerprint density at radius 1 is 0.872 bits per heavy atom. The van der Waals surface area contributed by atoms with Crippen molar-refractivity contribution in [2.45, 2.75) is 18.3 Å². The van der Waals surface area contributed by atoms with Gasteiger partial charge in [-0.2, -0.15) is 0 Å². The number of Topliss-reactive ketones (excluding diaryl/α,β-unsaturated/α-hetero) is 1. The summed E-state index contributed by atoms with van der Waals surface area (Å²) in [5.41, 5.74) is 9.45. The van der Waals surface area contributed by atoms with Crippen molar-refractivity contribution in [3.05, 3.63) is 125 Å². The van der Waals surface area contributed by atoms with E-state index in [1.165, 1.54) is 38.5 Å². The fourth-order valence-corrected chi connectivity index (χ4v) is 5.61. The topological polar surface area (TPSA) is 98.9 Å². The molecule has 7 nitrogen and oxygen atoms in total. The molecule has 8 heteroatoms. The highest BCUT2D eigenvalue weighted by Crippen LogP contribution is 2.51. The summed E-state index contributed by atoms with van der Waals surface area (Å²) < 4.78 is 24.1. The highest BCUT2D eigenvalue weighted by molar-refractivity contribution is 6.14. The molecule has 3 aromatic rings. The highest BCUT2D eigenvalue weighted by Gasteiger charge is 2.51. The standard InChI is InChI=1S/C31H27FN2O5/c1-38-30(36)25-22(18-9-5-3-6-10-18)17-23-26(28(25)35)24(19-13-15-20(32)16-14-19)27(31(37)39-2)29(33)34(23)21-11-7-4-8-12-21/h3-16,22,24-25H,17,33H2,1-2H3. The maximum Gasteiger partial charge on any atom is 0.338 e. The van der Waals surface area contributed by atoms with E-state index >= 15 is 0 Å². The number of halogens is 1. The maximum absolute atomic E-state index is 14.5. The molecule has 39 heavy (non-hydrogen) atoms. The third-order valence-corrected chi connectivity index (χ3v) is 7.34. The molecule has 0 fully saturated rings. The van der Waals surface area contributed by atoms with Crippen molar-refractivity contribution < 1.29 is 28.2 Å². The van der Waals surface area contributed by atoms with E-state index in [1.54, 1.807) is 4.90 Å². The summed E-state index contributed by atoms with van der Waals surface area (Å²) in [6.07, 6.45) is 0.257. The van der Waals surface area contributed by atoms with Crippen LogP contribution in [0.5, 0.6) is 0 Å². The predicted octanol–water partition coefficient (Wildman–Crippen LogP) is 4.57. The Morgan fingerprint density at radius 2 is 1.49 bits per heavy atom. The lowest BCUT2D eigenvalue weighted by Crippen LogP contribution is -2.46. The molecule has 0 saturated heterocycles. The first-order chi connectivity index (χ1) is 18.9. The van der Waals surface area contributed by atoms with E-state index in [-0.39, 0.29) is 23.4 Å². The second-order valence-corrected chi connectivity index (χ2v) is 9.39. The van der Waals surface area contributed by atoms with Crippen molar-refractivity contribution in [3.63, 3.8) is 0 Å². The molecule has 0 aromatic heterocycles. The number of ether oxygens (including phenoxy) is 2. The first-order valence-corrected chi connectivity index (χ1v) is 12.5. The quantitative estimate of drug-likeness (QED) is 0.384. The van der Waals surface area contributed by atoms with Gasteiger partial charge >= 0.3 is 11.9 Å². The zero-order valence-electron chi connectivity index (χ0n) is 21.5. The van der Waals surface area contributed by atoms with Gasteiger partial charge < -0.3 is 15.2 Å². The van der Waals surface area contributed by atoms with Crippen LogP contribution in [0.15, 0.2) is 108 Å². The van der Waals surface area contributed by atoms with Crippen LogP contribution < -0.4 is 10.6 Å². The number of carbonyl (C=O) groups is 3. The van der Waals surface area contributed by atoms with Gasteiger partial charge in [0.05, 0.1) is 25.7 Å². The Morgan fingerprint density at radius 3 is 2.08 bits per heavy atom. The van der Waals surface area contributed by atoms with Crippen LogP contribution in [-0.4, -0.2) is 31.9 Å². The molecule has 1 aliphatic heterocycles. The summed E-state index contributed by atoms with van der Waals surface area (Å²) in [5.74, 6) is -4.96. The molecule has 2 aliphatic rings. The van der Waals surface area contributed by atoms with Crippen LogP contribution in [0.1, 0.15) is 29.4 Å². The van der Waals surface area contributed by atoms with Crippen LogP contribution in [0.25, 0.3) is 0 Å². The smallest absolute Gasteiger partial charge is 0.338 e. The number of hydrogen-bond acceptors (Lipinski definition) is 7. The molecule has 198 valence electrons. The van der Waals surface area contributed by atoms with Crippen LogP contribution in [0.2, 0.25) is 0 Å². The minimum Gasteiger partial charge on any atom is -0.468 e. The number of nitrogens with two attached hydrogens (primary N) is 1. The molecule has 5 rings (SSSR count). The van der Waals surface area contributed by atoms with E-state index in [2.05, 4.69) is 0 Å². The molecule has 0 spiro atoms. The van der Waals surface area contributed by atoms with Gasteiger partial charge in [-0.05, 0) is 41.8 Å². The van der Waals surface area contributed by atoms with Gasteiger partial charge in [-0.3, -0.25) is 14.5 Å². The van der Waals surface area contributed by atoms with Gasteiger partial charge in [0.1, 0.15) is 17.6 Å². The van der Waals surface area contributed by atoms with Crippen molar-refractivity contribution in [3.8, 4) is 0 Å². The zero-order chi connectivity index (χ0) is 27.7. The van der Waals surface area contributed by atoms with Crippen LogP contribution in [0.4, 0.5) is 10.1 Å². The number of rotatable bonds is 5. The Hall–Kier alpha value is -4.72. The summed E-state index contributed by atoms with van der Waals surface area (Å²) in [7, 11) is 2.47. The summed E-state index contributed by atoms with van der Waals surface area (Å²) in [6, 6.07) is 23.9. The van der Waals surface area contributed by atoms with Crippen molar-refractivity contribution in [2.75, 3.05) is 19.1 Å². The molecule has 2 N–H and O–H groups in total. The maximum atomic E-state index is 14.5. The van der Waals surface area contributed by atoms with Crippen LogP contribution >= 0.6 is 0 Å². The monoisotopic (exact) mass is 526 g/mol. The molecular formula is C31H27FN2O5. The second-order valence-electron chi connectivity index (χ2n) is 9.39. The minimum atomic E-state index is -1.16. The van der Waals surface area contributed by atoms with Gasteiger partial charge in [-0.1, -0.05) is 60.7 Å². The molecule has 1 aliphatic carbocycles. The van der Waals surface area contributed by atoms with Crippen LogP contribution in [-0.2, 0) is 23.9 Å². The molecule has 3 atom stereocenters.